The molecule has 162 valence electrons. The number of benzene rings is 1. The monoisotopic (exact) mass is 448 g/mol. The van der Waals surface area contributed by atoms with Crippen LogP contribution in [-0.4, -0.2) is 32.4 Å². The molecule has 0 aliphatic heterocycles. The molecule has 6 nitrogen and oxygen atoms in total. The van der Waals surface area contributed by atoms with Crippen LogP contribution >= 0.6 is 23.6 Å². The largest absolute Gasteiger partial charge is 0.493 e. The Balaban J connectivity index is 1.77. The molecule has 0 fully saturated rings. The van der Waals surface area contributed by atoms with Crippen LogP contribution in [0.4, 0.5) is 5.00 Å². The molecule has 0 bridgehead atoms. The number of rotatable bonds is 6. The summed E-state index contributed by atoms with van der Waals surface area (Å²) >= 11 is 7.14. The van der Waals surface area contributed by atoms with Crippen molar-refractivity contribution in [3.63, 3.8) is 0 Å². The number of esters is 1. The van der Waals surface area contributed by atoms with Gasteiger partial charge in [0.1, 0.15) is 5.00 Å². The highest BCUT2D eigenvalue weighted by molar-refractivity contribution is 7.80. The molecule has 1 aliphatic carbocycles. The molecule has 0 saturated carbocycles. The number of thiocarbonyl (C=S) groups is 1. The Morgan fingerprint density at radius 3 is 2.63 bits per heavy atom. The Labute approximate surface area is 186 Å². The molecule has 3 rings (SSSR count). The van der Waals surface area contributed by atoms with Crippen molar-refractivity contribution in [3.05, 3.63) is 39.8 Å². The summed E-state index contributed by atoms with van der Waals surface area (Å²) < 4.78 is 15.7. The smallest absolute Gasteiger partial charge is 0.341 e. The van der Waals surface area contributed by atoms with E-state index in [1.54, 1.807) is 25.6 Å². The zero-order valence-corrected chi connectivity index (χ0v) is 19.6. The average molecular weight is 449 g/mol. The first-order valence-electron chi connectivity index (χ1n) is 9.90. The predicted octanol–water partition coefficient (Wildman–Crippen LogP) is 4.72. The molecule has 30 heavy (non-hydrogen) atoms. The van der Waals surface area contributed by atoms with Crippen molar-refractivity contribution in [2.45, 2.75) is 39.2 Å². The molecule has 2 N–H and O–H groups in total. The van der Waals surface area contributed by atoms with Gasteiger partial charge in [0.05, 0.1) is 32.9 Å². The van der Waals surface area contributed by atoms with Gasteiger partial charge < -0.3 is 24.8 Å². The lowest BCUT2D eigenvalue weighted by Gasteiger charge is -2.19. The van der Waals surface area contributed by atoms with Gasteiger partial charge in [0, 0.05) is 4.88 Å². The van der Waals surface area contributed by atoms with Crippen molar-refractivity contribution in [1.29, 1.82) is 0 Å². The maximum absolute atomic E-state index is 12.5. The van der Waals surface area contributed by atoms with Gasteiger partial charge in [-0.1, -0.05) is 13.0 Å². The van der Waals surface area contributed by atoms with Crippen LogP contribution in [0.2, 0.25) is 0 Å². The Bertz CT molecular complexity index is 941. The first kappa shape index (κ1) is 22.4. The number of anilines is 1. The molecule has 1 aromatic carbocycles. The van der Waals surface area contributed by atoms with Crippen molar-refractivity contribution in [2.75, 3.05) is 26.6 Å². The van der Waals surface area contributed by atoms with Crippen molar-refractivity contribution >= 4 is 39.6 Å². The fourth-order valence-corrected chi connectivity index (χ4v) is 5.44. The summed E-state index contributed by atoms with van der Waals surface area (Å²) in [4.78, 5) is 13.7. The highest BCUT2D eigenvalue weighted by Crippen LogP contribution is 2.40. The minimum atomic E-state index is -0.319. The fourth-order valence-electron chi connectivity index (χ4n) is 3.70. The Hall–Kier alpha value is -2.32. The average Bonchev–Trinajstić information content (AvgIpc) is 3.08. The summed E-state index contributed by atoms with van der Waals surface area (Å²) in [6.45, 7) is 4.25. The number of nitrogens with one attached hydrogen (secondary N) is 2. The van der Waals surface area contributed by atoms with E-state index in [1.165, 1.54) is 12.0 Å². The lowest BCUT2D eigenvalue weighted by Crippen LogP contribution is -2.31. The van der Waals surface area contributed by atoms with Gasteiger partial charge in [-0.25, -0.2) is 4.79 Å². The summed E-state index contributed by atoms with van der Waals surface area (Å²) in [6.07, 6.45) is 2.95. The van der Waals surface area contributed by atoms with Crippen LogP contribution in [0.15, 0.2) is 18.2 Å². The van der Waals surface area contributed by atoms with Crippen LogP contribution in [0, 0.1) is 5.92 Å². The fraction of sp³-hybridized carbons (Fsp3) is 0.455. The lowest BCUT2D eigenvalue weighted by atomic mass is 9.88. The van der Waals surface area contributed by atoms with E-state index >= 15 is 0 Å². The third kappa shape index (κ3) is 4.70. The van der Waals surface area contributed by atoms with Crippen molar-refractivity contribution in [3.8, 4) is 11.5 Å². The standard InChI is InChI=1S/C22H28N2O4S2/c1-12-6-8-15-18(10-12)30-20(19(15)21(25)28-5)24-22(29)23-13(2)14-7-9-16(26-3)17(11-14)27-4/h7,9,11-13H,6,8,10H2,1-5H3,(H2,23,24,29). The van der Waals surface area contributed by atoms with Crippen molar-refractivity contribution in [1.82, 2.24) is 5.32 Å². The van der Waals surface area contributed by atoms with Crippen LogP contribution in [0.5, 0.6) is 11.5 Å². The Morgan fingerprint density at radius 1 is 1.23 bits per heavy atom. The van der Waals surface area contributed by atoms with Crippen LogP contribution < -0.4 is 20.1 Å². The first-order chi connectivity index (χ1) is 14.4. The molecule has 1 aromatic heterocycles. The third-order valence-corrected chi connectivity index (χ3v) is 6.77. The number of methoxy groups -OCH3 is 3. The molecule has 0 radical (unpaired) electrons. The van der Waals surface area contributed by atoms with E-state index in [-0.39, 0.29) is 12.0 Å². The number of ether oxygens (including phenoxy) is 3. The molecule has 2 unspecified atom stereocenters. The van der Waals surface area contributed by atoms with E-state index in [9.17, 15) is 4.79 Å². The molecule has 0 spiro atoms. The zero-order chi connectivity index (χ0) is 21.8. The van der Waals surface area contributed by atoms with Gasteiger partial charge in [-0.15, -0.1) is 11.3 Å². The van der Waals surface area contributed by atoms with Gasteiger partial charge in [0.2, 0.25) is 0 Å². The highest BCUT2D eigenvalue weighted by atomic mass is 32.1. The van der Waals surface area contributed by atoms with Crippen molar-refractivity contribution < 1.29 is 19.0 Å². The second kappa shape index (κ2) is 9.66. The third-order valence-electron chi connectivity index (χ3n) is 5.38. The minimum Gasteiger partial charge on any atom is -0.493 e. The van der Waals surface area contributed by atoms with Crippen LogP contribution in [-0.2, 0) is 17.6 Å². The van der Waals surface area contributed by atoms with Gasteiger partial charge in [-0.2, -0.15) is 0 Å². The topological polar surface area (TPSA) is 68.8 Å². The molecule has 2 atom stereocenters. The second-order valence-corrected chi connectivity index (χ2v) is 9.00. The van der Waals surface area contributed by atoms with Crippen LogP contribution in [0.1, 0.15) is 52.7 Å². The molecule has 0 amide bonds. The van der Waals surface area contributed by atoms with E-state index in [0.29, 0.717) is 28.1 Å². The SMILES string of the molecule is COC(=O)c1c(NC(=S)NC(C)c2ccc(OC)c(OC)c2)sc2c1CCC(C)C2. The number of thiophene rings is 1. The maximum Gasteiger partial charge on any atom is 0.341 e. The van der Waals surface area contributed by atoms with E-state index in [0.717, 1.165) is 35.4 Å². The summed E-state index contributed by atoms with van der Waals surface area (Å²) in [7, 11) is 4.63. The van der Waals surface area contributed by atoms with E-state index in [2.05, 4.69) is 17.6 Å². The maximum atomic E-state index is 12.5. The van der Waals surface area contributed by atoms with Gasteiger partial charge in [0.25, 0.3) is 0 Å². The van der Waals surface area contributed by atoms with Gasteiger partial charge in [-0.05, 0) is 67.6 Å². The van der Waals surface area contributed by atoms with Crippen LogP contribution in [0.3, 0.4) is 0 Å². The Kier molecular flexibility index (Phi) is 7.20. The number of hydrogen-bond acceptors (Lipinski definition) is 6. The van der Waals surface area contributed by atoms with Crippen LogP contribution in [0.25, 0.3) is 0 Å². The lowest BCUT2D eigenvalue weighted by molar-refractivity contribution is 0.0601. The van der Waals surface area contributed by atoms with Gasteiger partial charge in [-0.3, -0.25) is 0 Å². The molecular formula is C22H28N2O4S2. The summed E-state index contributed by atoms with van der Waals surface area (Å²) in [5, 5.41) is 7.72. The predicted molar refractivity (Wildman–Crippen MR) is 124 cm³/mol. The van der Waals surface area contributed by atoms with Gasteiger partial charge in [0.15, 0.2) is 16.6 Å². The zero-order valence-electron chi connectivity index (χ0n) is 18.0. The van der Waals surface area contributed by atoms with E-state index in [4.69, 9.17) is 26.4 Å². The van der Waals surface area contributed by atoms with E-state index < -0.39 is 0 Å². The quantitative estimate of drug-likeness (QED) is 0.489. The summed E-state index contributed by atoms with van der Waals surface area (Å²) in [6, 6.07) is 5.69. The molecule has 1 heterocycles. The first-order valence-corrected chi connectivity index (χ1v) is 11.1. The molecule has 0 saturated heterocycles. The number of carbonyl (C=O) groups is 1. The summed E-state index contributed by atoms with van der Waals surface area (Å²) in [5.41, 5.74) is 2.72. The van der Waals surface area contributed by atoms with Crippen molar-refractivity contribution in [2.24, 2.45) is 5.92 Å². The second-order valence-electron chi connectivity index (χ2n) is 7.48. The molecule has 1 aliphatic rings. The van der Waals surface area contributed by atoms with E-state index in [1.807, 2.05) is 25.1 Å². The number of carbonyl (C=O) groups excluding carboxylic acids is 1. The number of hydrogen-bond donors (Lipinski definition) is 2. The molecular weight excluding hydrogens is 420 g/mol. The number of fused-ring (bicyclic) bond motifs is 1. The van der Waals surface area contributed by atoms with Gasteiger partial charge >= 0.3 is 5.97 Å². The molecule has 2 aromatic rings. The highest BCUT2D eigenvalue weighted by Gasteiger charge is 2.28. The minimum absolute atomic E-state index is 0.0685. The summed E-state index contributed by atoms with van der Waals surface area (Å²) in [5.74, 6) is 1.63. The molecule has 8 heteroatoms. The Morgan fingerprint density at radius 2 is 1.97 bits per heavy atom. The normalized spacial score (nSPS) is 16.2.